The fraction of sp³-hybridized carbons (Fsp3) is 0.385. The molecule has 3 rings (SSSR count). The summed E-state index contributed by atoms with van der Waals surface area (Å²) in [5.74, 6) is 0. The minimum absolute atomic E-state index is 0.0616. The van der Waals surface area contributed by atoms with Crippen molar-refractivity contribution in [2.45, 2.75) is 41.2 Å². The molecule has 0 saturated carbocycles. The molecule has 1 aromatic heterocycles. The lowest BCUT2D eigenvalue weighted by atomic mass is 10.0. The van der Waals surface area contributed by atoms with Crippen LogP contribution in [0, 0.1) is 20.8 Å². The summed E-state index contributed by atoms with van der Waals surface area (Å²) in [6, 6.07) is 14.4. The van der Waals surface area contributed by atoms with E-state index in [4.69, 9.17) is 12.2 Å². The summed E-state index contributed by atoms with van der Waals surface area (Å²) in [7, 11) is 0. The van der Waals surface area contributed by atoms with E-state index in [2.05, 4.69) is 66.0 Å². The molecule has 0 aliphatic carbocycles. The maximum absolute atomic E-state index is 12.9. The molecule has 1 heterocycles. The van der Waals surface area contributed by atoms with E-state index in [1.165, 1.54) is 5.56 Å². The summed E-state index contributed by atoms with van der Waals surface area (Å²) in [4.78, 5) is 20.4. The molecule has 2 N–H and O–H groups in total. The molecule has 3 aromatic rings. The fourth-order valence-corrected chi connectivity index (χ4v) is 4.21. The maximum Gasteiger partial charge on any atom is 0.253 e. The molecule has 5 nitrogen and oxygen atoms in total. The van der Waals surface area contributed by atoms with Gasteiger partial charge in [0.1, 0.15) is 0 Å². The van der Waals surface area contributed by atoms with Crippen molar-refractivity contribution in [1.29, 1.82) is 0 Å². The molecule has 0 aliphatic rings. The number of aromatic nitrogens is 1. The van der Waals surface area contributed by atoms with Gasteiger partial charge in [0.05, 0.1) is 6.54 Å². The lowest BCUT2D eigenvalue weighted by Gasteiger charge is -2.29. The number of likely N-dealkylation sites (N-methyl/N-ethyl adjacent to an activating group) is 1. The van der Waals surface area contributed by atoms with E-state index in [0.29, 0.717) is 11.7 Å². The Morgan fingerprint density at radius 2 is 1.66 bits per heavy atom. The van der Waals surface area contributed by atoms with Gasteiger partial charge in [-0.05, 0) is 81.5 Å². The molecule has 0 atom stereocenters. The van der Waals surface area contributed by atoms with E-state index in [9.17, 15) is 4.79 Å². The average Bonchev–Trinajstić information content (AvgIpc) is 2.75. The standard InChI is InChI=1S/C26H34N4OS/c1-6-29(7-2)12-13-30(26(32)27-22-10-8-18(3)9-11-22)17-21-16-23-20(5)14-19(4)15-24(23)28-25(21)31/h8-11,14-16H,6-7,12-13,17H2,1-5H3,(H,27,32)(H,28,31). The SMILES string of the molecule is CCN(CC)CCN(Cc1cc2c(C)cc(C)cc2[nH]c1=O)C(=S)Nc1ccc(C)cc1. The van der Waals surface area contributed by atoms with Gasteiger partial charge in [-0.2, -0.15) is 0 Å². The Balaban J connectivity index is 1.88. The second-order valence-electron chi connectivity index (χ2n) is 8.41. The molecule has 0 saturated heterocycles. The smallest absolute Gasteiger partial charge is 0.253 e. The first-order valence-electron chi connectivity index (χ1n) is 11.3. The third-order valence-electron chi connectivity index (χ3n) is 5.92. The third-order valence-corrected chi connectivity index (χ3v) is 6.28. The van der Waals surface area contributed by atoms with E-state index in [0.717, 1.165) is 59.5 Å². The fourth-order valence-electron chi connectivity index (χ4n) is 3.93. The van der Waals surface area contributed by atoms with Gasteiger partial charge in [-0.1, -0.05) is 37.6 Å². The van der Waals surface area contributed by atoms with Crippen LogP contribution in [0.1, 0.15) is 36.1 Å². The Morgan fingerprint density at radius 3 is 2.31 bits per heavy atom. The molecule has 0 bridgehead atoms. The molecule has 6 heteroatoms. The van der Waals surface area contributed by atoms with Gasteiger partial charge < -0.3 is 20.1 Å². The Morgan fingerprint density at radius 1 is 0.969 bits per heavy atom. The molecule has 0 radical (unpaired) electrons. The van der Waals surface area contributed by atoms with E-state index < -0.39 is 0 Å². The van der Waals surface area contributed by atoms with Crippen LogP contribution in [0.4, 0.5) is 5.69 Å². The van der Waals surface area contributed by atoms with Crippen LogP contribution < -0.4 is 10.9 Å². The lowest BCUT2D eigenvalue weighted by molar-refractivity contribution is 0.266. The summed E-state index contributed by atoms with van der Waals surface area (Å²) in [6.45, 7) is 14.6. The van der Waals surface area contributed by atoms with Crippen molar-refractivity contribution in [3.8, 4) is 0 Å². The number of pyridine rings is 1. The second kappa shape index (κ2) is 10.7. The molecule has 0 spiro atoms. The predicted octanol–water partition coefficient (Wildman–Crippen LogP) is 4.99. The van der Waals surface area contributed by atoms with Gasteiger partial charge in [-0.3, -0.25) is 4.79 Å². The molecular weight excluding hydrogens is 416 g/mol. The highest BCUT2D eigenvalue weighted by Gasteiger charge is 2.15. The molecular formula is C26H34N4OS. The highest BCUT2D eigenvalue weighted by molar-refractivity contribution is 7.80. The van der Waals surface area contributed by atoms with E-state index in [1.807, 2.05) is 31.2 Å². The quantitative estimate of drug-likeness (QED) is 0.473. The van der Waals surface area contributed by atoms with E-state index >= 15 is 0 Å². The summed E-state index contributed by atoms with van der Waals surface area (Å²) in [5.41, 5.74) is 5.99. The van der Waals surface area contributed by atoms with Gasteiger partial charge in [-0.25, -0.2) is 0 Å². The number of thiocarbonyl (C=S) groups is 1. The molecule has 32 heavy (non-hydrogen) atoms. The number of H-pyrrole nitrogens is 1. The van der Waals surface area contributed by atoms with E-state index in [-0.39, 0.29) is 5.56 Å². The predicted molar refractivity (Wildman–Crippen MR) is 140 cm³/mol. The first-order valence-corrected chi connectivity index (χ1v) is 11.7. The number of anilines is 1. The summed E-state index contributed by atoms with van der Waals surface area (Å²) in [6.07, 6.45) is 0. The minimum Gasteiger partial charge on any atom is -0.343 e. The number of aryl methyl sites for hydroxylation is 3. The number of benzene rings is 2. The largest absolute Gasteiger partial charge is 0.343 e. The van der Waals surface area contributed by atoms with Crippen LogP contribution in [0.15, 0.2) is 47.3 Å². The molecule has 0 fully saturated rings. The van der Waals surface area contributed by atoms with Crippen molar-refractivity contribution in [3.05, 3.63) is 75.1 Å². The highest BCUT2D eigenvalue weighted by Crippen LogP contribution is 2.19. The van der Waals surface area contributed by atoms with Crippen molar-refractivity contribution in [1.82, 2.24) is 14.8 Å². The Labute approximate surface area is 196 Å². The zero-order valence-corrected chi connectivity index (χ0v) is 20.6. The molecule has 2 aromatic carbocycles. The molecule has 0 unspecified atom stereocenters. The monoisotopic (exact) mass is 450 g/mol. The van der Waals surface area contributed by atoms with Crippen molar-refractivity contribution in [2.24, 2.45) is 0 Å². The first kappa shape index (κ1) is 24.0. The van der Waals surface area contributed by atoms with Gasteiger partial charge in [-0.15, -0.1) is 0 Å². The lowest BCUT2D eigenvalue weighted by Crippen LogP contribution is -2.41. The second-order valence-corrected chi connectivity index (χ2v) is 8.80. The number of fused-ring (bicyclic) bond motifs is 1. The number of aromatic amines is 1. The van der Waals surface area contributed by atoms with Gasteiger partial charge in [0, 0.05) is 35.2 Å². The number of hydrogen-bond acceptors (Lipinski definition) is 3. The number of rotatable bonds is 8. The summed E-state index contributed by atoms with van der Waals surface area (Å²) >= 11 is 5.78. The van der Waals surface area contributed by atoms with Crippen LogP contribution >= 0.6 is 12.2 Å². The zero-order chi connectivity index (χ0) is 23.3. The van der Waals surface area contributed by atoms with Crippen molar-refractivity contribution in [2.75, 3.05) is 31.5 Å². The number of hydrogen-bond donors (Lipinski definition) is 2. The Hall–Kier alpha value is -2.70. The normalized spacial score (nSPS) is 11.2. The van der Waals surface area contributed by atoms with Crippen LogP contribution in [0.2, 0.25) is 0 Å². The highest BCUT2D eigenvalue weighted by atomic mass is 32.1. The third kappa shape index (κ3) is 5.96. The van der Waals surface area contributed by atoms with Crippen LogP contribution in [-0.2, 0) is 6.54 Å². The topological polar surface area (TPSA) is 51.4 Å². The van der Waals surface area contributed by atoms with Crippen LogP contribution in [0.25, 0.3) is 10.9 Å². The van der Waals surface area contributed by atoms with Crippen LogP contribution in [0.5, 0.6) is 0 Å². The van der Waals surface area contributed by atoms with Crippen molar-refractivity contribution >= 4 is 33.9 Å². The average molecular weight is 451 g/mol. The molecule has 170 valence electrons. The Kier molecular flexibility index (Phi) is 8.04. The molecule has 0 amide bonds. The van der Waals surface area contributed by atoms with Gasteiger partial charge in [0.2, 0.25) is 0 Å². The van der Waals surface area contributed by atoms with Crippen molar-refractivity contribution < 1.29 is 0 Å². The maximum atomic E-state index is 12.9. The molecule has 0 aliphatic heterocycles. The van der Waals surface area contributed by atoms with Gasteiger partial charge in [0.15, 0.2) is 5.11 Å². The van der Waals surface area contributed by atoms with Gasteiger partial charge >= 0.3 is 0 Å². The van der Waals surface area contributed by atoms with Crippen molar-refractivity contribution in [3.63, 3.8) is 0 Å². The Bertz CT molecular complexity index is 1130. The van der Waals surface area contributed by atoms with Crippen LogP contribution in [-0.4, -0.2) is 46.1 Å². The number of nitrogens with one attached hydrogen (secondary N) is 2. The first-order chi connectivity index (χ1) is 15.3. The number of nitrogens with zero attached hydrogens (tertiary/aromatic N) is 2. The van der Waals surface area contributed by atoms with E-state index in [1.54, 1.807) is 0 Å². The minimum atomic E-state index is -0.0616. The van der Waals surface area contributed by atoms with Gasteiger partial charge in [0.25, 0.3) is 5.56 Å². The zero-order valence-electron chi connectivity index (χ0n) is 19.8. The summed E-state index contributed by atoms with van der Waals surface area (Å²) in [5, 5.41) is 5.05. The summed E-state index contributed by atoms with van der Waals surface area (Å²) < 4.78 is 0. The van der Waals surface area contributed by atoms with Crippen LogP contribution in [0.3, 0.4) is 0 Å².